The second-order valence-electron chi connectivity index (χ2n) is 3.77. The van der Waals surface area contributed by atoms with Crippen LogP contribution >= 0.6 is 11.8 Å². The van der Waals surface area contributed by atoms with Gasteiger partial charge in [0.1, 0.15) is 0 Å². The Labute approximate surface area is 94.3 Å². The van der Waals surface area contributed by atoms with Gasteiger partial charge >= 0.3 is 0 Å². The molecule has 1 aliphatic heterocycles. The van der Waals surface area contributed by atoms with E-state index in [0.717, 1.165) is 30.4 Å². The van der Waals surface area contributed by atoms with E-state index in [9.17, 15) is 0 Å². The minimum atomic E-state index is 0.506. The molecule has 0 radical (unpaired) electrons. The van der Waals surface area contributed by atoms with E-state index in [1.165, 1.54) is 11.3 Å². The van der Waals surface area contributed by atoms with E-state index in [-0.39, 0.29) is 0 Å². The lowest BCUT2D eigenvalue weighted by atomic mass is 10.0. The molecule has 1 aromatic rings. The number of fused-ring (bicyclic) bond motifs is 1. The molecule has 82 valence electrons. The van der Waals surface area contributed by atoms with Gasteiger partial charge in [0.05, 0.1) is 11.4 Å². The van der Waals surface area contributed by atoms with Gasteiger partial charge in [-0.15, -0.1) is 0 Å². The maximum Gasteiger partial charge on any atom is 0.187 e. The van der Waals surface area contributed by atoms with Crippen LogP contribution in [-0.4, -0.2) is 34.7 Å². The van der Waals surface area contributed by atoms with Crippen molar-refractivity contribution in [3.8, 4) is 0 Å². The van der Waals surface area contributed by atoms with Crippen molar-refractivity contribution in [2.24, 2.45) is 5.73 Å². The molecule has 0 atom stereocenters. The standard InChI is InChI=1S/C10H16N4S/c1-14-4-3-8-7(6-14)9(5-11)13-10(12-8)15-2/h3-6,11H2,1-2H3. The predicted octanol–water partition coefficient (Wildman–Crippen LogP) is 0.645. The van der Waals surface area contributed by atoms with E-state index in [1.54, 1.807) is 11.8 Å². The van der Waals surface area contributed by atoms with Gasteiger partial charge in [0.2, 0.25) is 0 Å². The fourth-order valence-electron chi connectivity index (χ4n) is 1.85. The van der Waals surface area contributed by atoms with Crippen molar-refractivity contribution in [1.29, 1.82) is 0 Å². The normalized spacial score (nSPS) is 16.5. The molecule has 0 aliphatic carbocycles. The first-order chi connectivity index (χ1) is 7.24. The number of thioether (sulfide) groups is 1. The molecule has 0 spiro atoms. The van der Waals surface area contributed by atoms with Crippen LogP contribution in [0.25, 0.3) is 0 Å². The highest BCUT2D eigenvalue weighted by Crippen LogP contribution is 2.21. The summed E-state index contributed by atoms with van der Waals surface area (Å²) in [6, 6.07) is 0. The van der Waals surface area contributed by atoms with Gasteiger partial charge in [-0.25, -0.2) is 9.97 Å². The second kappa shape index (κ2) is 4.47. The SMILES string of the molecule is CSc1nc(CN)c2c(n1)CCN(C)C2. The molecule has 5 heteroatoms. The van der Waals surface area contributed by atoms with Crippen LogP contribution in [0.3, 0.4) is 0 Å². The van der Waals surface area contributed by atoms with Crippen LogP contribution in [0.15, 0.2) is 5.16 Å². The Bertz CT molecular complexity index is 349. The zero-order valence-corrected chi connectivity index (χ0v) is 9.97. The number of hydrogen-bond acceptors (Lipinski definition) is 5. The average molecular weight is 224 g/mol. The molecule has 0 saturated carbocycles. The number of rotatable bonds is 2. The summed E-state index contributed by atoms with van der Waals surface area (Å²) in [6.07, 6.45) is 3.01. The van der Waals surface area contributed by atoms with Crippen molar-refractivity contribution in [2.75, 3.05) is 19.8 Å². The Kier molecular flexibility index (Phi) is 3.23. The summed E-state index contributed by atoms with van der Waals surface area (Å²) >= 11 is 1.58. The van der Waals surface area contributed by atoms with Crippen molar-refractivity contribution in [3.63, 3.8) is 0 Å². The molecule has 0 aromatic carbocycles. The summed E-state index contributed by atoms with van der Waals surface area (Å²) in [5.74, 6) is 0. The maximum absolute atomic E-state index is 5.72. The van der Waals surface area contributed by atoms with Crippen LogP contribution in [0, 0.1) is 0 Å². The molecule has 0 unspecified atom stereocenters. The van der Waals surface area contributed by atoms with Crippen molar-refractivity contribution in [3.05, 3.63) is 17.0 Å². The van der Waals surface area contributed by atoms with Crippen molar-refractivity contribution in [2.45, 2.75) is 24.7 Å². The molecule has 1 aromatic heterocycles. The molecule has 2 heterocycles. The van der Waals surface area contributed by atoms with E-state index < -0.39 is 0 Å². The molecular weight excluding hydrogens is 208 g/mol. The molecule has 0 fully saturated rings. The van der Waals surface area contributed by atoms with E-state index in [0.29, 0.717) is 6.54 Å². The van der Waals surface area contributed by atoms with Gasteiger partial charge in [0.15, 0.2) is 5.16 Å². The zero-order valence-electron chi connectivity index (χ0n) is 9.16. The minimum Gasteiger partial charge on any atom is -0.325 e. The highest BCUT2D eigenvalue weighted by atomic mass is 32.2. The molecule has 15 heavy (non-hydrogen) atoms. The third-order valence-electron chi connectivity index (χ3n) is 2.69. The first-order valence-electron chi connectivity index (χ1n) is 5.06. The van der Waals surface area contributed by atoms with Gasteiger partial charge in [-0.2, -0.15) is 0 Å². The molecule has 0 amide bonds. The number of aromatic nitrogens is 2. The first kappa shape index (κ1) is 10.9. The number of hydrogen-bond donors (Lipinski definition) is 1. The van der Waals surface area contributed by atoms with Crippen molar-refractivity contribution >= 4 is 11.8 Å². The van der Waals surface area contributed by atoms with Gasteiger partial charge < -0.3 is 10.6 Å². The van der Waals surface area contributed by atoms with Crippen molar-refractivity contribution in [1.82, 2.24) is 14.9 Å². The number of nitrogens with two attached hydrogens (primary N) is 1. The summed E-state index contributed by atoms with van der Waals surface area (Å²) in [4.78, 5) is 11.3. The van der Waals surface area contributed by atoms with E-state index in [1.807, 2.05) is 6.26 Å². The van der Waals surface area contributed by atoms with Crippen LogP contribution in [0.5, 0.6) is 0 Å². The van der Waals surface area contributed by atoms with Crippen LogP contribution < -0.4 is 5.73 Å². The molecule has 4 nitrogen and oxygen atoms in total. The molecule has 2 N–H and O–H groups in total. The Morgan fingerprint density at radius 3 is 2.93 bits per heavy atom. The lowest BCUT2D eigenvalue weighted by Crippen LogP contribution is -2.29. The summed E-state index contributed by atoms with van der Waals surface area (Å²) in [6.45, 7) is 2.50. The topological polar surface area (TPSA) is 55.0 Å². The maximum atomic E-state index is 5.72. The number of nitrogens with zero attached hydrogens (tertiary/aromatic N) is 3. The third-order valence-corrected chi connectivity index (χ3v) is 3.24. The number of likely N-dealkylation sites (N-methyl/N-ethyl adjacent to an activating group) is 1. The smallest absolute Gasteiger partial charge is 0.187 e. The van der Waals surface area contributed by atoms with Gasteiger partial charge in [0.25, 0.3) is 0 Å². The van der Waals surface area contributed by atoms with E-state index >= 15 is 0 Å². The summed E-state index contributed by atoms with van der Waals surface area (Å²) in [5.41, 5.74) is 9.16. The molecular formula is C10H16N4S. The third kappa shape index (κ3) is 2.14. The lowest BCUT2D eigenvalue weighted by Gasteiger charge is -2.25. The van der Waals surface area contributed by atoms with Crippen LogP contribution in [0.2, 0.25) is 0 Å². The molecule has 0 saturated heterocycles. The van der Waals surface area contributed by atoms with Gasteiger partial charge in [-0.3, -0.25) is 0 Å². The summed E-state index contributed by atoms with van der Waals surface area (Å²) in [7, 11) is 2.12. The van der Waals surface area contributed by atoms with Gasteiger partial charge in [-0.1, -0.05) is 11.8 Å². The molecule has 1 aliphatic rings. The second-order valence-corrected chi connectivity index (χ2v) is 4.55. The van der Waals surface area contributed by atoms with Gasteiger partial charge in [0, 0.05) is 31.6 Å². The highest BCUT2D eigenvalue weighted by Gasteiger charge is 2.19. The van der Waals surface area contributed by atoms with Crippen LogP contribution in [0.1, 0.15) is 17.0 Å². The Hall–Kier alpha value is -0.650. The quantitative estimate of drug-likeness (QED) is 0.590. The van der Waals surface area contributed by atoms with E-state index in [4.69, 9.17) is 5.73 Å². The fraction of sp³-hybridized carbons (Fsp3) is 0.600. The van der Waals surface area contributed by atoms with Crippen LogP contribution in [-0.2, 0) is 19.5 Å². The van der Waals surface area contributed by atoms with Crippen LogP contribution in [0.4, 0.5) is 0 Å². The first-order valence-corrected chi connectivity index (χ1v) is 6.28. The molecule has 2 rings (SSSR count). The minimum absolute atomic E-state index is 0.506. The Morgan fingerprint density at radius 1 is 1.47 bits per heavy atom. The summed E-state index contributed by atoms with van der Waals surface area (Å²) in [5, 5.41) is 0.846. The van der Waals surface area contributed by atoms with Crippen molar-refractivity contribution < 1.29 is 0 Å². The Balaban J connectivity index is 2.44. The lowest BCUT2D eigenvalue weighted by molar-refractivity contribution is 0.306. The largest absolute Gasteiger partial charge is 0.325 e. The van der Waals surface area contributed by atoms with Gasteiger partial charge in [-0.05, 0) is 13.3 Å². The highest BCUT2D eigenvalue weighted by molar-refractivity contribution is 7.98. The average Bonchev–Trinajstić information content (AvgIpc) is 2.27. The zero-order chi connectivity index (χ0) is 10.8. The monoisotopic (exact) mass is 224 g/mol. The van der Waals surface area contributed by atoms with E-state index in [2.05, 4.69) is 21.9 Å². The fourth-order valence-corrected chi connectivity index (χ4v) is 2.26. The summed E-state index contributed by atoms with van der Waals surface area (Å²) < 4.78 is 0. The Morgan fingerprint density at radius 2 is 2.27 bits per heavy atom. The molecule has 0 bridgehead atoms. The predicted molar refractivity (Wildman–Crippen MR) is 61.7 cm³/mol.